The third kappa shape index (κ3) is 0.784. The largest absolute Gasteiger partial charge is 0.437 e. The highest BCUT2D eigenvalue weighted by atomic mass is 79.9. The fourth-order valence-electron chi connectivity index (χ4n) is 0.650. The zero-order chi connectivity index (χ0) is 6.27. The first-order valence-electron chi connectivity index (χ1n) is 2.36. The molecule has 0 N–H and O–H groups in total. The van der Waals surface area contributed by atoms with Crippen molar-refractivity contribution < 1.29 is 4.42 Å². The molecule has 4 heteroatoms. The van der Waals surface area contributed by atoms with Crippen LogP contribution in [0.3, 0.4) is 0 Å². The minimum Gasteiger partial charge on any atom is -0.437 e. The average Bonchev–Trinajstić information content (AvgIpc) is 2.22. The highest BCUT2D eigenvalue weighted by Crippen LogP contribution is 2.25. The van der Waals surface area contributed by atoms with Gasteiger partial charge in [0.25, 0.3) is 0 Å². The lowest BCUT2D eigenvalue weighted by Crippen LogP contribution is -1.44. The molecule has 0 aromatic carbocycles. The van der Waals surface area contributed by atoms with E-state index in [9.17, 15) is 0 Å². The maximum Gasteiger partial charge on any atom is 0.208 e. The van der Waals surface area contributed by atoms with E-state index in [1.165, 1.54) is 11.5 Å². The molecule has 2 nitrogen and oxygen atoms in total. The van der Waals surface area contributed by atoms with Gasteiger partial charge in [0.15, 0.2) is 4.67 Å². The van der Waals surface area contributed by atoms with E-state index in [0.29, 0.717) is 0 Å². The van der Waals surface area contributed by atoms with Crippen molar-refractivity contribution >= 4 is 37.7 Å². The predicted octanol–water partition coefficient (Wildman–Crippen LogP) is 2.65. The van der Waals surface area contributed by atoms with E-state index in [1.807, 2.05) is 6.07 Å². The molecule has 2 aromatic rings. The molecule has 0 saturated carbocycles. The summed E-state index contributed by atoms with van der Waals surface area (Å²) in [6, 6.07) is 1.90. The van der Waals surface area contributed by atoms with E-state index in [1.54, 1.807) is 6.20 Å². The Morgan fingerprint density at radius 3 is 3.33 bits per heavy atom. The lowest BCUT2D eigenvalue weighted by atomic mass is 10.5. The van der Waals surface area contributed by atoms with Crippen LogP contribution in [0.5, 0.6) is 0 Å². The first-order chi connectivity index (χ1) is 4.36. The molecule has 46 valence electrons. The van der Waals surface area contributed by atoms with E-state index < -0.39 is 0 Å². The van der Waals surface area contributed by atoms with Gasteiger partial charge in [-0.2, -0.15) is 4.37 Å². The van der Waals surface area contributed by atoms with Gasteiger partial charge in [-0.1, -0.05) is 0 Å². The molecule has 0 radical (unpaired) electrons. The summed E-state index contributed by atoms with van der Waals surface area (Å²) in [5.41, 5.74) is 0. The minimum absolute atomic E-state index is 0.770. The fraction of sp³-hybridized carbons (Fsp3) is 0. The molecule has 0 atom stereocenters. The Labute approximate surface area is 63.8 Å². The summed E-state index contributed by atoms with van der Waals surface area (Å²) in [5, 5.41) is 1.06. The summed E-state index contributed by atoms with van der Waals surface area (Å²) in [6.45, 7) is 0. The lowest BCUT2D eigenvalue weighted by molar-refractivity contribution is 0.594. The van der Waals surface area contributed by atoms with Crippen molar-refractivity contribution in [1.29, 1.82) is 0 Å². The molecular formula is C5H2BrNOS. The quantitative estimate of drug-likeness (QED) is 0.659. The highest BCUT2D eigenvalue weighted by Gasteiger charge is 2.00. The zero-order valence-electron chi connectivity index (χ0n) is 4.30. The van der Waals surface area contributed by atoms with Crippen molar-refractivity contribution in [3.8, 4) is 0 Å². The third-order valence-corrected chi connectivity index (χ3v) is 2.11. The zero-order valence-corrected chi connectivity index (χ0v) is 6.70. The first-order valence-corrected chi connectivity index (χ1v) is 3.92. The molecule has 0 aliphatic carbocycles. The van der Waals surface area contributed by atoms with Crippen LogP contribution in [-0.2, 0) is 0 Å². The van der Waals surface area contributed by atoms with Crippen molar-refractivity contribution in [2.24, 2.45) is 0 Å². The fourth-order valence-corrected chi connectivity index (χ4v) is 1.77. The second-order valence-electron chi connectivity index (χ2n) is 1.62. The summed E-state index contributed by atoms with van der Waals surface area (Å²) >= 11 is 4.58. The predicted molar refractivity (Wildman–Crippen MR) is 39.6 cm³/mol. The van der Waals surface area contributed by atoms with Gasteiger partial charge in [0.05, 0.1) is 11.6 Å². The number of hydrogen-bond acceptors (Lipinski definition) is 3. The summed E-state index contributed by atoms with van der Waals surface area (Å²) in [5.74, 6) is 0. The summed E-state index contributed by atoms with van der Waals surface area (Å²) in [6.07, 6.45) is 1.79. The van der Waals surface area contributed by atoms with E-state index in [4.69, 9.17) is 4.42 Å². The van der Waals surface area contributed by atoms with Crippen LogP contribution in [0.1, 0.15) is 0 Å². The van der Waals surface area contributed by atoms with Gasteiger partial charge in [-0.15, -0.1) is 0 Å². The van der Waals surface area contributed by atoms with Gasteiger partial charge in [-0.25, -0.2) is 0 Å². The minimum atomic E-state index is 0.770. The number of hydrogen-bond donors (Lipinski definition) is 0. The third-order valence-electron chi connectivity index (χ3n) is 1.02. The molecule has 0 amide bonds. The maximum atomic E-state index is 5.18. The molecule has 2 aromatic heterocycles. The summed E-state index contributed by atoms with van der Waals surface area (Å²) in [4.78, 5) is 0.877. The SMILES string of the molecule is Brc1cc2cnsc2o1. The van der Waals surface area contributed by atoms with Gasteiger partial charge < -0.3 is 4.42 Å². The van der Waals surface area contributed by atoms with Crippen LogP contribution in [0, 0.1) is 0 Å². The molecule has 0 bridgehead atoms. The van der Waals surface area contributed by atoms with Crippen molar-refractivity contribution in [2.45, 2.75) is 0 Å². The number of nitrogens with zero attached hydrogens (tertiary/aromatic N) is 1. The van der Waals surface area contributed by atoms with E-state index in [-0.39, 0.29) is 0 Å². The van der Waals surface area contributed by atoms with Crippen LogP contribution < -0.4 is 0 Å². The first kappa shape index (κ1) is 5.44. The maximum absolute atomic E-state index is 5.18. The van der Waals surface area contributed by atoms with Crippen LogP contribution in [-0.4, -0.2) is 4.37 Å². The number of furan rings is 1. The number of aromatic nitrogens is 1. The molecule has 0 unspecified atom stereocenters. The second kappa shape index (κ2) is 1.82. The van der Waals surface area contributed by atoms with Crippen molar-refractivity contribution in [1.82, 2.24) is 4.37 Å². The smallest absolute Gasteiger partial charge is 0.208 e. The molecule has 0 aliphatic rings. The van der Waals surface area contributed by atoms with E-state index >= 15 is 0 Å². The van der Waals surface area contributed by atoms with Gasteiger partial charge in [-0.05, 0) is 15.9 Å². The monoisotopic (exact) mass is 203 g/mol. The highest BCUT2D eigenvalue weighted by molar-refractivity contribution is 9.10. The number of halogens is 1. The Bertz CT molecular complexity index is 298. The van der Waals surface area contributed by atoms with Crippen LogP contribution in [0.25, 0.3) is 10.3 Å². The number of rotatable bonds is 0. The Morgan fingerprint density at radius 2 is 2.56 bits per heavy atom. The summed E-state index contributed by atoms with van der Waals surface area (Å²) in [7, 11) is 0. The molecule has 9 heavy (non-hydrogen) atoms. The van der Waals surface area contributed by atoms with Gasteiger partial charge in [0, 0.05) is 17.6 Å². The Hall–Kier alpha value is -0.350. The molecule has 2 heterocycles. The standard InChI is InChI=1S/C5H2BrNOS/c6-4-1-3-2-7-9-5(3)8-4/h1-2H. The topological polar surface area (TPSA) is 26.0 Å². The Balaban J connectivity index is 2.92. The van der Waals surface area contributed by atoms with Gasteiger partial charge >= 0.3 is 0 Å². The Morgan fingerprint density at radius 1 is 1.67 bits per heavy atom. The van der Waals surface area contributed by atoms with Crippen molar-refractivity contribution in [3.05, 3.63) is 16.9 Å². The molecule has 0 aliphatic heterocycles. The molecule has 2 rings (SSSR count). The normalized spacial score (nSPS) is 10.8. The van der Waals surface area contributed by atoms with Crippen LogP contribution in [0.2, 0.25) is 0 Å². The molecular weight excluding hydrogens is 202 g/mol. The van der Waals surface area contributed by atoms with Gasteiger partial charge in [-0.3, -0.25) is 0 Å². The molecule has 0 spiro atoms. The van der Waals surface area contributed by atoms with E-state index in [2.05, 4.69) is 20.3 Å². The van der Waals surface area contributed by atoms with Crippen LogP contribution in [0.15, 0.2) is 21.3 Å². The van der Waals surface area contributed by atoms with Gasteiger partial charge in [0.1, 0.15) is 0 Å². The van der Waals surface area contributed by atoms with Crippen molar-refractivity contribution in [2.75, 3.05) is 0 Å². The Kier molecular flexibility index (Phi) is 1.10. The average molecular weight is 204 g/mol. The van der Waals surface area contributed by atoms with Gasteiger partial charge in [0.2, 0.25) is 4.90 Å². The van der Waals surface area contributed by atoms with Crippen molar-refractivity contribution in [3.63, 3.8) is 0 Å². The summed E-state index contributed by atoms with van der Waals surface area (Å²) < 4.78 is 9.88. The second-order valence-corrected chi connectivity index (χ2v) is 3.16. The molecule has 0 fully saturated rings. The molecule has 0 saturated heterocycles. The lowest BCUT2D eigenvalue weighted by Gasteiger charge is -1.70. The van der Waals surface area contributed by atoms with Crippen LogP contribution in [0.4, 0.5) is 0 Å². The number of fused-ring (bicyclic) bond motifs is 1. The van der Waals surface area contributed by atoms with E-state index in [0.717, 1.165) is 15.0 Å². The van der Waals surface area contributed by atoms with Crippen LogP contribution >= 0.6 is 27.5 Å².